The molecule has 0 radical (unpaired) electrons. The summed E-state index contributed by atoms with van der Waals surface area (Å²) in [6.07, 6.45) is 0. The first-order valence-electron chi connectivity index (χ1n) is 19.3. The minimum absolute atomic E-state index is 0.564. The molecule has 12 aromatic rings. The molecule has 0 aliphatic carbocycles. The van der Waals surface area contributed by atoms with E-state index >= 15 is 0 Å². The summed E-state index contributed by atoms with van der Waals surface area (Å²) >= 11 is 1.84. The van der Waals surface area contributed by atoms with Gasteiger partial charge in [0.05, 0.1) is 33.4 Å². The summed E-state index contributed by atoms with van der Waals surface area (Å²) in [7, 11) is 0. The van der Waals surface area contributed by atoms with Crippen molar-refractivity contribution in [2.45, 2.75) is 0 Å². The number of aromatic nitrogens is 5. The topological polar surface area (TPSA) is 74.6 Å². The van der Waals surface area contributed by atoms with Gasteiger partial charge in [0.1, 0.15) is 0 Å². The fourth-order valence-electron chi connectivity index (χ4n) is 8.73. The lowest BCUT2D eigenvalue weighted by Gasteiger charge is -2.14. The van der Waals surface area contributed by atoms with Crippen LogP contribution in [0.3, 0.4) is 0 Å². The molecule has 0 aliphatic rings. The van der Waals surface area contributed by atoms with Crippen molar-refractivity contribution < 1.29 is 0 Å². The molecule has 6 nitrogen and oxygen atoms in total. The van der Waals surface area contributed by atoms with Crippen LogP contribution in [-0.4, -0.2) is 24.1 Å². The van der Waals surface area contributed by atoms with E-state index in [9.17, 15) is 0 Å². The van der Waals surface area contributed by atoms with Crippen LogP contribution in [0.5, 0.6) is 0 Å². The number of nitrogens with two attached hydrogens (primary N) is 1. The standard InChI is InChI=1S/C51H32N6S/c52-40-29-33(51-54-49(31-13-3-1-4-14-31)53-50(55-51)32-15-5-2-6-16-32)23-26-43(40)57-41-20-10-7-17-35(41)37-25-27-44-47(48(37)57)38-19-8-11-21-42(38)56(44)34-24-28-46-39(30-34)36-18-9-12-22-45(36)58-46/h1-30H,52H2. The maximum Gasteiger partial charge on any atom is 0.164 e. The van der Waals surface area contributed by atoms with Crippen LogP contribution in [0.4, 0.5) is 5.69 Å². The van der Waals surface area contributed by atoms with Crippen LogP contribution in [0.2, 0.25) is 0 Å². The Balaban J connectivity index is 1.09. The number of benzene rings is 8. The van der Waals surface area contributed by atoms with Gasteiger partial charge in [-0.25, -0.2) is 15.0 Å². The molecule has 7 heteroatoms. The van der Waals surface area contributed by atoms with Gasteiger partial charge < -0.3 is 14.9 Å². The fraction of sp³-hybridized carbons (Fsp3) is 0. The van der Waals surface area contributed by atoms with E-state index in [1.165, 1.54) is 41.7 Å². The summed E-state index contributed by atoms with van der Waals surface area (Å²) in [4.78, 5) is 14.9. The molecule has 0 atom stereocenters. The Morgan fingerprint density at radius 2 is 0.983 bits per heavy atom. The largest absolute Gasteiger partial charge is 0.397 e. The van der Waals surface area contributed by atoms with Crippen LogP contribution in [0.1, 0.15) is 0 Å². The van der Waals surface area contributed by atoms with Gasteiger partial charge in [0, 0.05) is 64.1 Å². The van der Waals surface area contributed by atoms with Crippen molar-refractivity contribution in [2.75, 3.05) is 5.73 Å². The zero-order valence-electron chi connectivity index (χ0n) is 31.0. The molecule has 0 unspecified atom stereocenters. The summed E-state index contributed by atoms with van der Waals surface area (Å²) < 4.78 is 7.35. The Labute approximate surface area is 336 Å². The second kappa shape index (κ2) is 12.7. The molecule has 0 bridgehead atoms. The molecule has 12 rings (SSSR count). The van der Waals surface area contributed by atoms with E-state index in [2.05, 4.69) is 124 Å². The molecule has 58 heavy (non-hydrogen) atoms. The Bertz CT molecular complexity index is 3520. The predicted molar refractivity (Wildman–Crippen MR) is 242 cm³/mol. The number of anilines is 1. The molecular weight excluding hydrogens is 729 g/mol. The maximum absolute atomic E-state index is 7.18. The third kappa shape index (κ3) is 4.94. The summed E-state index contributed by atoms with van der Waals surface area (Å²) in [6, 6.07) is 63.7. The number of hydrogen-bond acceptors (Lipinski definition) is 5. The molecule has 4 aromatic heterocycles. The van der Waals surface area contributed by atoms with Crippen LogP contribution >= 0.6 is 11.3 Å². The van der Waals surface area contributed by atoms with E-state index in [1.807, 2.05) is 78.1 Å². The number of para-hydroxylation sites is 2. The van der Waals surface area contributed by atoms with Crippen molar-refractivity contribution in [1.82, 2.24) is 24.1 Å². The molecule has 0 saturated carbocycles. The fourth-order valence-corrected chi connectivity index (χ4v) is 9.81. The van der Waals surface area contributed by atoms with Gasteiger partial charge in [0.2, 0.25) is 0 Å². The highest BCUT2D eigenvalue weighted by Crippen LogP contribution is 2.44. The van der Waals surface area contributed by atoms with Gasteiger partial charge in [-0.15, -0.1) is 11.3 Å². The number of fused-ring (bicyclic) bond motifs is 10. The minimum atomic E-state index is 0.564. The predicted octanol–water partition coefficient (Wildman–Crippen LogP) is 13.0. The summed E-state index contributed by atoms with van der Waals surface area (Å²) in [5.74, 6) is 1.79. The van der Waals surface area contributed by atoms with E-state index in [0.29, 0.717) is 23.2 Å². The van der Waals surface area contributed by atoms with Crippen molar-refractivity contribution in [3.05, 3.63) is 182 Å². The van der Waals surface area contributed by atoms with Crippen molar-refractivity contribution in [3.8, 4) is 45.5 Å². The normalized spacial score (nSPS) is 11.9. The third-order valence-corrected chi connectivity index (χ3v) is 12.5. The molecule has 0 spiro atoms. The second-order valence-electron chi connectivity index (χ2n) is 14.7. The van der Waals surface area contributed by atoms with E-state index < -0.39 is 0 Å². The molecule has 0 saturated heterocycles. The zero-order chi connectivity index (χ0) is 38.3. The molecular formula is C51H32N6S. The van der Waals surface area contributed by atoms with Gasteiger partial charge >= 0.3 is 0 Å². The molecule has 0 amide bonds. The molecule has 8 aromatic carbocycles. The van der Waals surface area contributed by atoms with E-state index in [4.69, 9.17) is 20.7 Å². The minimum Gasteiger partial charge on any atom is -0.397 e. The summed E-state index contributed by atoms with van der Waals surface area (Å²) in [5.41, 5.74) is 17.0. The molecule has 0 aliphatic heterocycles. The van der Waals surface area contributed by atoms with E-state index in [1.54, 1.807) is 0 Å². The number of rotatable bonds is 5. The highest BCUT2D eigenvalue weighted by Gasteiger charge is 2.22. The smallest absolute Gasteiger partial charge is 0.164 e. The average Bonchev–Trinajstić information content (AvgIpc) is 3.94. The van der Waals surface area contributed by atoms with Gasteiger partial charge in [0.25, 0.3) is 0 Å². The summed E-state index contributed by atoms with van der Waals surface area (Å²) in [5, 5.41) is 7.27. The van der Waals surface area contributed by atoms with Crippen molar-refractivity contribution in [2.24, 2.45) is 0 Å². The van der Waals surface area contributed by atoms with Gasteiger partial charge in [-0.3, -0.25) is 0 Å². The lowest BCUT2D eigenvalue weighted by atomic mass is 10.1. The van der Waals surface area contributed by atoms with Crippen molar-refractivity contribution in [3.63, 3.8) is 0 Å². The number of thiophene rings is 1. The van der Waals surface area contributed by atoms with Crippen LogP contribution in [-0.2, 0) is 0 Å². The summed E-state index contributed by atoms with van der Waals surface area (Å²) in [6.45, 7) is 0. The van der Waals surface area contributed by atoms with Crippen molar-refractivity contribution in [1.29, 1.82) is 0 Å². The maximum atomic E-state index is 7.18. The first-order valence-corrected chi connectivity index (χ1v) is 20.1. The molecule has 0 fully saturated rings. The van der Waals surface area contributed by atoms with Gasteiger partial charge in [-0.05, 0) is 60.7 Å². The highest BCUT2D eigenvalue weighted by molar-refractivity contribution is 7.25. The first-order chi connectivity index (χ1) is 28.7. The number of nitrogen functional groups attached to an aromatic ring is 1. The first kappa shape index (κ1) is 32.6. The second-order valence-corrected chi connectivity index (χ2v) is 15.7. The van der Waals surface area contributed by atoms with Crippen LogP contribution < -0.4 is 5.73 Å². The quantitative estimate of drug-likeness (QED) is 0.177. The van der Waals surface area contributed by atoms with Crippen LogP contribution in [0.25, 0.3) is 109 Å². The Hall–Kier alpha value is -7.61. The zero-order valence-corrected chi connectivity index (χ0v) is 31.9. The molecule has 272 valence electrons. The van der Waals surface area contributed by atoms with Gasteiger partial charge in [0.15, 0.2) is 17.5 Å². The Kier molecular flexibility index (Phi) is 7.15. The van der Waals surface area contributed by atoms with Gasteiger partial charge in [-0.1, -0.05) is 121 Å². The molecule has 4 heterocycles. The number of hydrogen-bond donors (Lipinski definition) is 1. The van der Waals surface area contributed by atoms with E-state index in [0.717, 1.165) is 50.1 Å². The number of nitrogens with zero attached hydrogens (tertiary/aromatic N) is 5. The highest BCUT2D eigenvalue weighted by atomic mass is 32.1. The average molecular weight is 761 g/mol. The van der Waals surface area contributed by atoms with Crippen LogP contribution in [0, 0.1) is 0 Å². The van der Waals surface area contributed by atoms with E-state index in [-0.39, 0.29) is 0 Å². The Morgan fingerprint density at radius 1 is 0.397 bits per heavy atom. The Morgan fingerprint density at radius 3 is 1.69 bits per heavy atom. The SMILES string of the molecule is Nc1cc(-c2nc(-c3ccccc3)nc(-c3ccccc3)n2)ccc1-n1c2ccccc2c2ccc3c(c4ccccc4n3-c3ccc4sc5ccccc5c4c3)c21. The lowest BCUT2D eigenvalue weighted by Crippen LogP contribution is -2.03. The monoisotopic (exact) mass is 760 g/mol. The molecule has 2 N–H and O–H groups in total. The van der Waals surface area contributed by atoms with Crippen molar-refractivity contribution >= 4 is 80.8 Å². The lowest BCUT2D eigenvalue weighted by molar-refractivity contribution is 1.07. The van der Waals surface area contributed by atoms with Gasteiger partial charge in [-0.2, -0.15) is 0 Å². The van der Waals surface area contributed by atoms with Crippen LogP contribution in [0.15, 0.2) is 182 Å². The third-order valence-electron chi connectivity index (χ3n) is 11.3.